The van der Waals surface area contributed by atoms with Gasteiger partial charge in [0.25, 0.3) is 0 Å². The van der Waals surface area contributed by atoms with Crippen LogP contribution in [0.25, 0.3) is 0 Å². The van der Waals surface area contributed by atoms with Crippen molar-refractivity contribution in [2.75, 3.05) is 26.7 Å². The first-order valence-corrected chi connectivity index (χ1v) is 4.18. The van der Waals surface area contributed by atoms with Gasteiger partial charge in [0.2, 0.25) is 5.91 Å². The number of rotatable bonds is 3. The summed E-state index contributed by atoms with van der Waals surface area (Å²) in [6.07, 6.45) is 0.720. The molecule has 0 bridgehead atoms. The van der Waals surface area contributed by atoms with Gasteiger partial charge in [0.1, 0.15) is 0 Å². The summed E-state index contributed by atoms with van der Waals surface area (Å²) in [7, 11) is 1.86. The molecule has 0 saturated carbocycles. The van der Waals surface area contributed by atoms with Crippen molar-refractivity contribution in [3.8, 4) is 0 Å². The molecule has 1 rings (SSSR count). The average molecular weight is 156 g/mol. The summed E-state index contributed by atoms with van der Waals surface area (Å²) < 4.78 is 0. The van der Waals surface area contributed by atoms with E-state index in [1.807, 2.05) is 14.0 Å². The number of hydrogen-bond donors (Lipinski definition) is 1. The van der Waals surface area contributed by atoms with E-state index in [-0.39, 0.29) is 5.91 Å². The van der Waals surface area contributed by atoms with Gasteiger partial charge in [-0.2, -0.15) is 0 Å². The number of nitrogens with one attached hydrogen (secondary N) is 1. The van der Waals surface area contributed by atoms with Gasteiger partial charge in [0.05, 0.1) is 0 Å². The number of amides is 1. The molecule has 0 radical (unpaired) electrons. The third-order valence-corrected chi connectivity index (χ3v) is 2.23. The second-order valence-electron chi connectivity index (χ2n) is 3.14. The van der Waals surface area contributed by atoms with Crippen LogP contribution < -0.4 is 5.32 Å². The van der Waals surface area contributed by atoms with Crippen molar-refractivity contribution in [2.24, 2.45) is 5.92 Å². The molecule has 3 heteroatoms. The SMILES string of the molecule is CCN(C)C(=O)CC1CNC1. The van der Waals surface area contributed by atoms with E-state index in [0.717, 1.165) is 26.1 Å². The lowest BCUT2D eigenvalue weighted by Crippen LogP contribution is -2.44. The van der Waals surface area contributed by atoms with Crippen molar-refractivity contribution in [3.63, 3.8) is 0 Å². The van der Waals surface area contributed by atoms with Crippen LogP contribution in [0.4, 0.5) is 0 Å². The minimum atomic E-state index is 0.277. The fourth-order valence-electron chi connectivity index (χ4n) is 1.07. The van der Waals surface area contributed by atoms with E-state index in [1.165, 1.54) is 0 Å². The smallest absolute Gasteiger partial charge is 0.222 e. The molecular formula is C8H16N2O. The fraction of sp³-hybridized carbons (Fsp3) is 0.875. The molecule has 0 aliphatic carbocycles. The van der Waals surface area contributed by atoms with Crippen LogP contribution in [0.5, 0.6) is 0 Å². The summed E-state index contributed by atoms with van der Waals surface area (Å²) in [4.78, 5) is 13.1. The molecule has 0 aromatic rings. The second kappa shape index (κ2) is 3.72. The molecule has 1 heterocycles. The Bertz CT molecular complexity index is 143. The highest BCUT2D eigenvalue weighted by molar-refractivity contribution is 5.76. The van der Waals surface area contributed by atoms with Crippen LogP contribution in [-0.4, -0.2) is 37.5 Å². The third kappa shape index (κ3) is 2.19. The Morgan fingerprint density at radius 2 is 2.27 bits per heavy atom. The molecule has 0 unspecified atom stereocenters. The molecule has 0 aromatic carbocycles. The maximum Gasteiger partial charge on any atom is 0.222 e. The van der Waals surface area contributed by atoms with Crippen LogP contribution >= 0.6 is 0 Å². The Morgan fingerprint density at radius 3 is 2.64 bits per heavy atom. The number of hydrogen-bond acceptors (Lipinski definition) is 2. The maximum atomic E-state index is 11.3. The predicted octanol–water partition coefficient (Wildman–Crippen LogP) is 0.0742. The first-order chi connectivity index (χ1) is 5.24. The van der Waals surface area contributed by atoms with Crippen molar-refractivity contribution in [2.45, 2.75) is 13.3 Å². The minimum absolute atomic E-state index is 0.277. The molecule has 0 aromatic heterocycles. The van der Waals surface area contributed by atoms with Gasteiger partial charge < -0.3 is 10.2 Å². The van der Waals surface area contributed by atoms with E-state index in [9.17, 15) is 4.79 Å². The molecule has 1 aliphatic rings. The van der Waals surface area contributed by atoms with Crippen LogP contribution in [0.3, 0.4) is 0 Å². The highest BCUT2D eigenvalue weighted by Gasteiger charge is 2.21. The molecular weight excluding hydrogens is 140 g/mol. The van der Waals surface area contributed by atoms with Crippen LogP contribution in [-0.2, 0) is 4.79 Å². The molecule has 3 nitrogen and oxygen atoms in total. The normalized spacial score (nSPS) is 17.6. The van der Waals surface area contributed by atoms with Crippen molar-refractivity contribution in [3.05, 3.63) is 0 Å². The second-order valence-corrected chi connectivity index (χ2v) is 3.14. The van der Waals surface area contributed by atoms with Crippen LogP contribution in [0.15, 0.2) is 0 Å². The van der Waals surface area contributed by atoms with Gasteiger partial charge in [0, 0.05) is 20.0 Å². The average Bonchev–Trinajstić information content (AvgIpc) is 1.94. The Kier molecular flexibility index (Phi) is 2.88. The van der Waals surface area contributed by atoms with E-state index in [4.69, 9.17) is 0 Å². The summed E-state index contributed by atoms with van der Waals surface area (Å²) in [5, 5.41) is 3.15. The largest absolute Gasteiger partial charge is 0.346 e. The monoisotopic (exact) mass is 156 g/mol. The minimum Gasteiger partial charge on any atom is -0.346 e. The molecule has 1 fully saturated rings. The maximum absolute atomic E-state index is 11.3. The lowest BCUT2D eigenvalue weighted by molar-refractivity contribution is -0.131. The zero-order valence-electron chi connectivity index (χ0n) is 7.26. The zero-order valence-corrected chi connectivity index (χ0v) is 7.26. The van der Waals surface area contributed by atoms with Gasteiger partial charge >= 0.3 is 0 Å². The van der Waals surface area contributed by atoms with Gasteiger partial charge in [-0.25, -0.2) is 0 Å². The summed E-state index contributed by atoms with van der Waals surface area (Å²) in [5.74, 6) is 0.871. The lowest BCUT2D eigenvalue weighted by atomic mass is 9.99. The predicted molar refractivity (Wildman–Crippen MR) is 44.3 cm³/mol. The van der Waals surface area contributed by atoms with Crippen LogP contribution in [0.2, 0.25) is 0 Å². The number of carbonyl (C=O) groups is 1. The summed E-state index contributed by atoms with van der Waals surface area (Å²) >= 11 is 0. The van der Waals surface area contributed by atoms with Gasteiger partial charge in [-0.15, -0.1) is 0 Å². The zero-order chi connectivity index (χ0) is 8.27. The van der Waals surface area contributed by atoms with Crippen molar-refractivity contribution >= 4 is 5.91 Å². The molecule has 1 amide bonds. The van der Waals surface area contributed by atoms with E-state index in [0.29, 0.717) is 5.92 Å². The van der Waals surface area contributed by atoms with E-state index in [1.54, 1.807) is 4.90 Å². The van der Waals surface area contributed by atoms with Crippen molar-refractivity contribution < 1.29 is 4.79 Å². The topological polar surface area (TPSA) is 32.3 Å². The van der Waals surface area contributed by atoms with Crippen molar-refractivity contribution in [1.82, 2.24) is 10.2 Å². The molecule has 1 saturated heterocycles. The highest BCUT2D eigenvalue weighted by Crippen LogP contribution is 2.09. The lowest BCUT2D eigenvalue weighted by Gasteiger charge is -2.28. The van der Waals surface area contributed by atoms with E-state index in [2.05, 4.69) is 5.32 Å². The standard InChI is InChI=1S/C8H16N2O/c1-3-10(2)8(11)4-7-5-9-6-7/h7,9H,3-6H2,1-2H3. The molecule has 1 N–H and O–H groups in total. The van der Waals surface area contributed by atoms with Crippen LogP contribution in [0, 0.1) is 5.92 Å². The Morgan fingerprint density at radius 1 is 1.64 bits per heavy atom. The Hall–Kier alpha value is -0.570. The molecule has 0 atom stereocenters. The first-order valence-electron chi connectivity index (χ1n) is 4.18. The van der Waals surface area contributed by atoms with E-state index >= 15 is 0 Å². The number of nitrogens with zero attached hydrogens (tertiary/aromatic N) is 1. The highest BCUT2D eigenvalue weighted by atomic mass is 16.2. The summed E-state index contributed by atoms with van der Waals surface area (Å²) in [5.41, 5.74) is 0. The quantitative estimate of drug-likeness (QED) is 0.627. The number of carbonyl (C=O) groups excluding carboxylic acids is 1. The van der Waals surface area contributed by atoms with Gasteiger partial charge in [0.15, 0.2) is 0 Å². The van der Waals surface area contributed by atoms with Gasteiger partial charge in [-0.05, 0) is 25.9 Å². The first kappa shape index (κ1) is 8.53. The molecule has 0 spiro atoms. The Balaban J connectivity index is 2.19. The fourth-order valence-corrected chi connectivity index (χ4v) is 1.07. The third-order valence-electron chi connectivity index (χ3n) is 2.23. The molecule has 1 aliphatic heterocycles. The van der Waals surface area contributed by atoms with Crippen molar-refractivity contribution in [1.29, 1.82) is 0 Å². The van der Waals surface area contributed by atoms with E-state index < -0.39 is 0 Å². The summed E-state index contributed by atoms with van der Waals surface area (Å²) in [6.45, 7) is 4.85. The van der Waals surface area contributed by atoms with Gasteiger partial charge in [-0.1, -0.05) is 0 Å². The summed E-state index contributed by atoms with van der Waals surface area (Å²) in [6, 6.07) is 0. The van der Waals surface area contributed by atoms with Gasteiger partial charge in [-0.3, -0.25) is 4.79 Å². The Labute approximate surface area is 67.8 Å². The van der Waals surface area contributed by atoms with Crippen LogP contribution in [0.1, 0.15) is 13.3 Å². The molecule has 64 valence electrons. The molecule has 11 heavy (non-hydrogen) atoms.